The highest BCUT2D eigenvalue weighted by Crippen LogP contribution is 2.18. The van der Waals surface area contributed by atoms with Gasteiger partial charge in [-0.05, 0) is 18.3 Å². The van der Waals surface area contributed by atoms with Crippen molar-refractivity contribution in [2.24, 2.45) is 15.9 Å². The van der Waals surface area contributed by atoms with E-state index in [1.54, 1.807) is 18.4 Å². The summed E-state index contributed by atoms with van der Waals surface area (Å²) < 4.78 is 0. The second kappa shape index (κ2) is 5.18. The fourth-order valence-electron chi connectivity index (χ4n) is 1.71. The molecule has 2 heterocycles. The second-order valence-corrected chi connectivity index (χ2v) is 4.23. The fraction of sp³-hybridized carbons (Fsp3) is 0.364. The molecule has 0 aliphatic carbocycles. The van der Waals surface area contributed by atoms with Crippen molar-refractivity contribution in [1.29, 1.82) is 0 Å². The Hall–Kier alpha value is -1.89. The molecule has 2 amide bonds. The molecule has 0 bridgehead atoms. The van der Waals surface area contributed by atoms with Crippen molar-refractivity contribution >= 4 is 41.2 Å². The van der Waals surface area contributed by atoms with Crippen LogP contribution < -0.4 is 5.32 Å². The number of nitrogens with one attached hydrogen (secondary N) is 1. The van der Waals surface area contributed by atoms with Crippen LogP contribution in [0.4, 0.5) is 0 Å². The number of carbonyl (C=O) groups excluding carboxylic acids is 2. The van der Waals surface area contributed by atoms with Crippen molar-refractivity contribution < 1.29 is 9.59 Å². The number of fused-ring (bicyclic) bond motifs is 1. The lowest BCUT2D eigenvalue weighted by atomic mass is 10.0. The SMILES string of the molecule is CC(=O)NCCN1C(=O)C2C=CC=NC2=NC1=S. The summed E-state index contributed by atoms with van der Waals surface area (Å²) in [5.41, 5.74) is 0. The third kappa shape index (κ3) is 2.51. The van der Waals surface area contributed by atoms with Crippen LogP contribution in [0.15, 0.2) is 22.1 Å². The van der Waals surface area contributed by atoms with E-state index in [1.165, 1.54) is 11.8 Å². The highest BCUT2D eigenvalue weighted by molar-refractivity contribution is 7.80. The van der Waals surface area contributed by atoms with Crippen molar-refractivity contribution in [3.63, 3.8) is 0 Å². The summed E-state index contributed by atoms with van der Waals surface area (Å²) in [7, 11) is 0. The molecule has 0 aromatic rings. The monoisotopic (exact) mass is 264 g/mol. The number of carbonyl (C=O) groups is 2. The number of nitrogens with zero attached hydrogens (tertiary/aromatic N) is 3. The molecule has 0 saturated carbocycles. The van der Waals surface area contributed by atoms with Crippen LogP contribution >= 0.6 is 12.2 Å². The maximum atomic E-state index is 12.2. The fourth-order valence-corrected chi connectivity index (χ4v) is 1.98. The van der Waals surface area contributed by atoms with E-state index in [9.17, 15) is 9.59 Å². The van der Waals surface area contributed by atoms with Gasteiger partial charge in [0.1, 0.15) is 11.8 Å². The van der Waals surface area contributed by atoms with E-state index < -0.39 is 5.92 Å². The number of allylic oxidation sites excluding steroid dienone is 1. The molecule has 1 N–H and O–H groups in total. The lowest BCUT2D eigenvalue weighted by Gasteiger charge is -2.29. The quantitative estimate of drug-likeness (QED) is 0.724. The average Bonchev–Trinajstić information content (AvgIpc) is 2.33. The van der Waals surface area contributed by atoms with Crippen molar-refractivity contribution in [2.45, 2.75) is 6.92 Å². The molecule has 1 unspecified atom stereocenters. The Morgan fingerprint density at radius 3 is 3.11 bits per heavy atom. The highest BCUT2D eigenvalue weighted by Gasteiger charge is 2.34. The van der Waals surface area contributed by atoms with Crippen LogP contribution in [0.5, 0.6) is 0 Å². The molecule has 1 atom stereocenters. The molecule has 94 valence electrons. The average molecular weight is 264 g/mol. The Morgan fingerprint density at radius 2 is 2.39 bits per heavy atom. The highest BCUT2D eigenvalue weighted by atomic mass is 32.1. The summed E-state index contributed by atoms with van der Waals surface area (Å²) in [5.74, 6) is -0.317. The van der Waals surface area contributed by atoms with E-state index in [0.717, 1.165) is 0 Å². The number of thiocarbonyl (C=S) groups is 1. The maximum Gasteiger partial charge on any atom is 0.243 e. The van der Waals surface area contributed by atoms with E-state index in [-0.39, 0.29) is 16.9 Å². The van der Waals surface area contributed by atoms with Gasteiger partial charge in [-0.25, -0.2) is 9.98 Å². The normalized spacial score (nSPS) is 21.7. The summed E-state index contributed by atoms with van der Waals surface area (Å²) in [6.45, 7) is 2.10. The Balaban J connectivity index is 2.09. The van der Waals surface area contributed by atoms with Crippen LogP contribution in [0, 0.1) is 5.92 Å². The zero-order valence-corrected chi connectivity index (χ0v) is 10.6. The Kier molecular flexibility index (Phi) is 3.61. The maximum absolute atomic E-state index is 12.2. The summed E-state index contributed by atoms with van der Waals surface area (Å²) >= 11 is 5.06. The molecule has 7 heteroatoms. The topological polar surface area (TPSA) is 74.1 Å². The minimum absolute atomic E-state index is 0.142. The van der Waals surface area contributed by atoms with Gasteiger partial charge in [-0.2, -0.15) is 0 Å². The molecular formula is C11H12N4O2S. The van der Waals surface area contributed by atoms with Crippen LogP contribution in [0.25, 0.3) is 0 Å². The third-order valence-electron chi connectivity index (χ3n) is 2.56. The zero-order valence-electron chi connectivity index (χ0n) is 9.79. The molecule has 18 heavy (non-hydrogen) atoms. The van der Waals surface area contributed by atoms with E-state index >= 15 is 0 Å². The van der Waals surface area contributed by atoms with Gasteiger partial charge in [0.25, 0.3) is 0 Å². The predicted molar refractivity (Wildman–Crippen MR) is 71.6 cm³/mol. The number of rotatable bonds is 3. The van der Waals surface area contributed by atoms with Crippen molar-refractivity contribution in [3.8, 4) is 0 Å². The van der Waals surface area contributed by atoms with Crippen LogP contribution in [0.1, 0.15) is 6.92 Å². The first-order chi connectivity index (χ1) is 8.59. The third-order valence-corrected chi connectivity index (χ3v) is 2.87. The summed E-state index contributed by atoms with van der Waals surface area (Å²) in [6, 6.07) is 0. The zero-order chi connectivity index (χ0) is 13.1. The predicted octanol–water partition coefficient (Wildman–Crippen LogP) is -0.0951. The molecule has 0 fully saturated rings. The van der Waals surface area contributed by atoms with Crippen molar-refractivity contribution in [2.75, 3.05) is 13.1 Å². The Bertz CT molecular complexity index is 495. The minimum Gasteiger partial charge on any atom is -0.355 e. The molecule has 6 nitrogen and oxygen atoms in total. The summed E-state index contributed by atoms with van der Waals surface area (Å²) in [5, 5.41) is 2.82. The van der Waals surface area contributed by atoms with Crippen molar-refractivity contribution in [3.05, 3.63) is 12.2 Å². The number of amidine groups is 1. The molecule has 2 aliphatic rings. The van der Waals surface area contributed by atoms with E-state index in [1.807, 2.05) is 0 Å². The molecular weight excluding hydrogens is 252 g/mol. The first kappa shape index (κ1) is 12.6. The van der Waals surface area contributed by atoms with E-state index in [4.69, 9.17) is 12.2 Å². The van der Waals surface area contributed by atoms with Gasteiger partial charge in [-0.1, -0.05) is 6.08 Å². The van der Waals surface area contributed by atoms with Gasteiger partial charge < -0.3 is 5.32 Å². The van der Waals surface area contributed by atoms with Crippen LogP contribution in [-0.4, -0.2) is 47.0 Å². The molecule has 0 radical (unpaired) electrons. The van der Waals surface area contributed by atoms with E-state index in [2.05, 4.69) is 15.3 Å². The largest absolute Gasteiger partial charge is 0.355 e. The molecule has 0 spiro atoms. The van der Waals surface area contributed by atoms with Gasteiger partial charge in [-0.15, -0.1) is 0 Å². The van der Waals surface area contributed by atoms with Crippen LogP contribution in [-0.2, 0) is 9.59 Å². The molecule has 0 aromatic carbocycles. The molecule has 0 saturated heterocycles. The first-order valence-electron chi connectivity index (χ1n) is 5.49. The van der Waals surface area contributed by atoms with Gasteiger partial charge in [0.15, 0.2) is 0 Å². The molecule has 2 aliphatic heterocycles. The lowest BCUT2D eigenvalue weighted by Crippen LogP contribution is -2.48. The lowest BCUT2D eigenvalue weighted by molar-refractivity contribution is -0.129. The van der Waals surface area contributed by atoms with Gasteiger partial charge in [-0.3, -0.25) is 14.5 Å². The smallest absolute Gasteiger partial charge is 0.243 e. The van der Waals surface area contributed by atoms with Gasteiger partial charge in [0.2, 0.25) is 16.9 Å². The van der Waals surface area contributed by atoms with Gasteiger partial charge >= 0.3 is 0 Å². The van der Waals surface area contributed by atoms with Crippen LogP contribution in [0.3, 0.4) is 0 Å². The number of amides is 2. The van der Waals surface area contributed by atoms with Crippen LogP contribution in [0.2, 0.25) is 0 Å². The van der Waals surface area contributed by atoms with Crippen molar-refractivity contribution in [1.82, 2.24) is 10.2 Å². The van der Waals surface area contributed by atoms with Gasteiger partial charge in [0.05, 0.1) is 0 Å². The van der Waals surface area contributed by atoms with E-state index in [0.29, 0.717) is 18.9 Å². The molecule has 0 aromatic heterocycles. The standard InChI is InChI=1S/C11H12N4O2S/c1-7(16)12-5-6-15-10(17)8-3-2-4-13-9(8)14-11(15)18/h2-4,8H,5-6H2,1H3,(H,12,16). The van der Waals surface area contributed by atoms with Gasteiger partial charge in [0, 0.05) is 26.2 Å². The minimum atomic E-state index is -0.459. The molecule has 2 rings (SSSR count). The Labute approximate surface area is 109 Å². The number of dihydropyridines is 1. The Morgan fingerprint density at radius 1 is 1.61 bits per heavy atom. The number of hydrogen-bond donors (Lipinski definition) is 1. The summed E-state index contributed by atoms with van der Waals surface area (Å²) in [6.07, 6.45) is 5.03. The summed E-state index contributed by atoms with van der Waals surface area (Å²) in [4.78, 5) is 32.5. The first-order valence-corrected chi connectivity index (χ1v) is 5.89. The second-order valence-electron chi connectivity index (χ2n) is 3.87. The number of aliphatic imine (C=N–C) groups is 2. The number of hydrogen-bond acceptors (Lipinski definition) is 4.